The summed E-state index contributed by atoms with van der Waals surface area (Å²) in [5.41, 5.74) is 0.359. The average Bonchev–Trinajstić information content (AvgIpc) is 2.90. The normalized spacial score (nSPS) is 14.0. The lowest BCUT2D eigenvalue weighted by atomic mass is 10.1. The molecule has 0 bridgehead atoms. The molecule has 2 nitrogen and oxygen atoms in total. The van der Waals surface area contributed by atoms with Crippen molar-refractivity contribution in [3.63, 3.8) is 0 Å². The quantitative estimate of drug-likeness (QED) is 0.795. The molecular weight excluding hydrogens is 296 g/mol. The highest BCUT2D eigenvalue weighted by atomic mass is 32.2. The van der Waals surface area contributed by atoms with E-state index in [9.17, 15) is 4.79 Å². The van der Waals surface area contributed by atoms with E-state index in [0.29, 0.717) is 5.56 Å². The minimum atomic E-state index is -0.878. The van der Waals surface area contributed by atoms with Crippen LogP contribution in [-0.4, -0.2) is 26.1 Å². The van der Waals surface area contributed by atoms with E-state index >= 15 is 0 Å². The second kappa shape index (κ2) is 6.93. The van der Waals surface area contributed by atoms with E-state index in [1.165, 1.54) is 11.5 Å². The highest BCUT2D eigenvalue weighted by molar-refractivity contribution is 8.49. The molecule has 3 rings (SSSR count). The lowest BCUT2D eigenvalue weighted by molar-refractivity contribution is 0.0699. The predicted molar refractivity (Wildman–Crippen MR) is 88.4 cm³/mol. The van der Waals surface area contributed by atoms with Gasteiger partial charge in [-0.15, -0.1) is 23.5 Å². The predicted octanol–water partition coefficient (Wildman–Crippen LogP) is 4.29. The van der Waals surface area contributed by atoms with Crippen LogP contribution < -0.4 is 0 Å². The molecule has 1 heterocycles. The summed E-state index contributed by atoms with van der Waals surface area (Å²) in [6, 6.07) is 12.7. The molecule has 0 unspecified atom stereocenters. The first kappa shape index (κ1) is 14.4. The summed E-state index contributed by atoms with van der Waals surface area (Å²) in [5.74, 6) is 1.57. The molecule has 0 saturated carbocycles. The van der Waals surface area contributed by atoms with E-state index < -0.39 is 5.97 Å². The van der Waals surface area contributed by atoms with Crippen LogP contribution in [0.25, 0.3) is 10.8 Å². The second-order valence-electron chi connectivity index (χ2n) is 3.78. The van der Waals surface area contributed by atoms with Crippen molar-refractivity contribution >= 4 is 56.0 Å². The van der Waals surface area contributed by atoms with Crippen LogP contribution in [-0.2, 0) is 0 Å². The third-order valence-corrected chi connectivity index (χ3v) is 5.50. The SMILES string of the molecule is O=C(O)c1cccc2ccccc12.S=C1SCCS1. The van der Waals surface area contributed by atoms with Crippen LogP contribution in [0.4, 0.5) is 0 Å². The van der Waals surface area contributed by atoms with E-state index in [1.54, 1.807) is 35.7 Å². The highest BCUT2D eigenvalue weighted by Gasteiger charge is 2.06. The Hall–Kier alpha value is -1.04. The fourth-order valence-corrected chi connectivity index (χ4v) is 4.04. The molecule has 98 valence electrons. The molecule has 5 heteroatoms. The lowest BCUT2D eigenvalue weighted by Crippen LogP contribution is -1.96. The Balaban J connectivity index is 0.000000186. The number of hydrogen-bond acceptors (Lipinski definition) is 4. The number of rotatable bonds is 1. The van der Waals surface area contributed by atoms with Crippen molar-refractivity contribution < 1.29 is 9.90 Å². The van der Waals surface area contributed by atoms with E-state index in [2.05, 4.69) is 0 Å². The molecule has 0 amide bonds. The van der Waals surface area contributed by atoms with Crippen molar-refractivity contribution in [2.24, 2.45) is 0 Å². The number of fused-ring (bicyclic) bond motifs is 1. The Kier molecular flexibility index (Phi) is 5.24. The Bertz CT molecular complexity index is 597. The van der Waals surface area contributed by atoms with Crippen LogP contribution in [0.5, 0.6) is 0 Å². The second-order valence-corrected chi connectivity index (χ2v) is 7.17. The maximum atomic E-state index is 10.8. The van der Waals surface area contributed by atoms with E-state index in [4.69, 9.17) is 17.3 Å². The van der Waals surface area contributed by atoms with Crippen molar-refractivity contribution in [2.75, 3.05) is 11.5 Å². The van der Waals surface area contributed by atoms with Gasteiger partial charge in [-0.1, -0.05) is 48.6 Å². The molecule has 0 radical (unpaired) electrons. The van der Waals surface area contributed by atoms with Gasteiger partial charge in [-0.25, -0.2) is 4.79 Å². The zero-order valence-electron chi connectivity index (χ0n) is 10.0. The molecule has 1 N–H and O–H groups in total. The molecule has 1 aliphatic heterocycles. The van der Waals surface area contributed by atoms with Crippen LogP contribution in [0, 0.1) is 0 Å². The number of benzene rings is 2. The maximum absolute atomic E-state index is 10.8. The zero-order chi connectivity index (χ0) is 13.7. The van der Waals surface area contributed by atoms with Crippen LogP contribution in [0.2, 0.25) is 0 Å². The van der Waals surface area contributed by atoms with Gasteiger partial charge >= 0.3 is 5.97 Å². The molecule has 0 aliphatic carbocycles. The first-order valence-electron chi connectivity index (χ1n) is 5.69. The van der Waals surface area contributed by atoms with Crippen molar-refractivity contribution in [1.29, 1.82) is 0 Å². The smallest absolute Gasteiger partial charge is 0.336 e. The summed E-state index contributed by atoms with van der Waals surface area (Å²) in [6.07, 6.45) is 0. The van der Waals surface area contributed by atoms with E-state index in [-0.39, 0.29) is 0 Å². The van der Waals surface area contributed by atoms with Gasteiger partial charge in [0, 0.05) is 11.5 Å². The number of thiocarbonyl (C=S) groups is 1. The van der Waals surface area contributed by atoms with Crippen molar-refractivity contribution in [1.82, 2.24) is 0 Å². The standard InChI is InChI=1S/C11H8O2.C3H4S3/c12-11(13)10-7-3-5-8-4-1-2-6-9(8)10;4-3-5-1-2-6-3/h1-7H,(H,12,13);1-2H2. The molecule has 1 aliphatic rings. The number of carbonyl (C=O) groups is 1. The first-order valence-corrected chi connectivity index (χ1v) is 8.07. The largest absolute Gasteiger partial charge is 0.478 e. The van der Waals surface area contributed by atoms with Crippen molar-refractivity contribution in [3.05, 3.63) is 48.0 Å². The monoisotopic (exact) mass is 308 g/mol. The third kappa shape index (κ3) is 3.96. The number of hydrogen-bond donors (Lipinski definition) is 1. The molecule has 2 aromatic carbocycles. The summed E-state index contributed by atoms with van der Waals surface area (Å²) < 4.78 is 1.12. The lowest BCUT2D eigenvalue weighted by Gasteiger charge is -2.00. The molecule has 0 aromatic heterocycles. The van der Waals surface area contributed by atoms with Crippen LogP contribution in [0.15, 0.2) is 42.5 Å². The van der Waals surface area contributed by atoms with Crippen LogP contribution in [0.3, 0.4) is 0 Å². The third-order valence-electron chi connectivity index (χ3n) is 2.54. The summed E-state index contributed by atoms with van der Waals surface area (Å²) in [5, 5.41) is 10.6. The maximum Gasteiger partial charge on any atom is 0.336 e. The minimum absolute atomic E-state index is 0.359. The first-order chi connectivity index (χ1) is 9.18. The number of aromatic carboxylic acids is 1. The van der Waals surface area contributed by atoms with Gasteiger partial charge in [-0.2, -0.15) is 0 Å². The van der Waals surface area contributed by atoms with Crippen LogP contribution >= 0.6 is 35.7 Å². The zero-order valence-corrected chi connectivity index (χ0v) is 12.5. The summed E-state index contributed by atoms with van der Waals surface area (Å²) >= 11 is 8.43. The van der Waals surface area contributed by atoms with Crippen molar-refractivity contribution in [3.8, 4) is 0 Å². The Morgan fingerprint density at radius 3 is 2.26 bits per heavy atom. The molecule has 1 fully saturated rings. The fraction of sp³-hybridized carbons (Fsp3) is 0.143. The van der Waals surface area contributed by atoms with E-state index in [1.807, 2.05) is 30.3 Å². The number of carboxylic acids is 1. The van der Waals surface area contributed by atoms with Gasteiger partial charge in [0.25, 0.3) is 0 Å². The molecule has 0 atom stereocenters. The summed E-state index contributed by atoms with van der Waals surface area (Å²) in [6.45, 7) is 0. The Morgan fingerprint density at radius 2 is 1.68 bits per heavy atom. The minimum Gasteiger partial charge on any atom is -0.478 e. The van der Waals surface area contributed by atoms with Gasteiger partial charge in [0.15, 0.2) is 0 Å². The van der Waals surface area contributed by atoms with Gasteiger partial charge < -0.3 is 5.11 Å². The van der Waals surface area contributed by atoms with Gasteiger partial charge in [-0.05, 0) is 16.8 Å². The fourth-order valence-electron chi connectivity index (χ4n) is 1.70. The molecule has 19 heavy (non-hydrogen) atoms. The number of carboxylic acid groups (broad SMARTS) is 1. The number of thioether (sulfide) groups is 2. The molecular formula is C14H12O2S3. The van der Waals surface area contributed by atoms with Crippen LogP contribution in [0.1, 0.15) is 10.4 Å². The van der Waals surface area contributed by atoms with Crippen molar-refractivity contribution in [2.45, 2.75) is 0 Å². The molecule has 0 spiro atoms. The Morgan fingerprint density at radius 1 is 1.05 bits per heavy atom. The van der Waals surface area contributed by atoms with Gasteiger partial charge in [0.05, 0.1) is 5.56 Å². The van der Waals surface area contributed by atoms with E-state index in [0.717, 1.165) is 14.3 Å². The van der Waals surface area contributed by atoms with Gasteiger partial charge in [-0.3, -0.25) is 0 Å². The molecule has 2 aromatic rings. The Labute approximate surface area is 125 Å². The van der Waals surface area contributed by atoms with Gasteiger partial charge in [0.1, 0.15) is 3.53 Å². The van der Waals surface area contributed by atoms with Gasteiger partial charge in [0.2, 0.25) is 0 Å². The average molecular weight is 308 g/mol. The summed E-state index contributed by atoms with van der Waals surface area (Å²) in [4.78, 5) is 10.8. The topological polar surface area (TPSA) is 37.3 Å². The highest BCUT2D eigenvalue weighted by Crippen LogP contribution is 2.25. The summed E-state index contributed by atoms with van der Waals surface area (Å²) in [7, 11) is 0. The molecule has 1 saturated heterocycles.